The molecule has 2 aromatic carbocycles. The van der Waals surface area contributed by atoms with Crippen molar-refractivity contribution in [2.75, 3.05) is 11.5 Å². The number of anilines is 1. The highest BCUT2D eigenvalue weighted by Crippen LogP contribution is 2.40. The normalized spacial score (nSPS) is 11.1. The number of nitrogens with zero attached hydrogens (tertiary/aromatic N) is 5. The summed E-state index contributed by atoms with van der Waals surface area (Å²) in [7, 11) is 0. The van der Waals surface area contributed by atoms with Crippen LogP contribution in [0.1, 0.15) is 10.7 Å². The summed E-state index contributed by atoms with van der Waals surface area (Å²) in [5.41, 5.74) is 9.23. The predicted octanol–water partition coefficient (Wildman–Crippen LogP) is 4.59. The average molecular weight is 505 g/mol. The Balaban J connectivity index is 1.45. The SMILES string of the molecule is Cc1sc2nc(OCc3nnc(SCC(=O)O)n3-c3ccccc3)nc(N)c2c1-c1ccccc1. The van der Waals surface area contributed by atoms with Gasteiger partial charge in [0.15, 0.2) is 17.6 Å². The zero-order valence-corrected chi connectivity index (χ0v) is 20.2. The van der Waals surface area contributed by atoms with Crippen LogP contribution in [0.5, 0.6) is 6.01 Å². The molecule has 35 heavy (non-hydrogen) atoms. The summed E-state index contributed by atoms with van der Waals surface area (Å²) in [5, 5.41) is 18.7. The van der Waals surface area contributed by atoms with Gasteiger partial charge >= 0.3 is 12.0 Å². The summed E-state index contributed by atoms with van der Waals surface area (Å²) in [6, 6.07) is 19.6. The second-order valence-corrected chi connectivity index (χ2v) is 9.66. The molecular weight excluding hydrogens is 484 g/mol. The van der Waals surface area contributed by atoms with Gasteiger partial charge in [-0.25, -0.2) is 0 Å². The van der Waals surface area contributed by atoms with Crippen LogP contribution in [0.15, 0.2) is 65.8 Å². The molecule has 0 fully saturated rings. The summed E-state index contributed by atoms with van der Waals surface area (Å²) in [6.45, 7) is 2.06. The van der Waals surface area contributed by atoms with E-state index >= 15 is 0 Å². The minimum Gasteiger partial charge on any atom is -0.481 e. The molecule has 0 atom stereocenters. The third kappa shape index (κ3) is 4.68. The van der Waals surface area contributed by atoms with Crippen LogP contribution in [-0.2, 0) is 11.4 Å². The van der Waals surface area contributed by atoms with Crippen LogP contribution in [0, 0.1) is 6.92 Å². The van der Waals surface area contributed by atoms with Crippen molar-refractivity contribution >= 4 is 45.1 Å². The molecule has 0 saturated heterocycles. The number of thioether (sulfide) groups is 1. The molecule has 0 aliphatic rings. The summed E-state index contributed by atoms with van der Waals surface area (Å²) in [6.07, 6.45) is 0. The molecule has 3 heterocycles. The highest BCUT2D eigenvalue weighted by Gasteiger charge is 2.19. The van der Waals surface area contributed by atoms with Gasteiger partial charge in [0.2, 0.25) is 0 Å². The number of hydrogen-bond donors (Lipinski definition) is 2. The molecule has 5 rings (SSSR count). The van der Waals surface area contributed by atoms with Gasteiger partial charge in [-0.2, -0.15) is 9.97 Å². The first-order valence-corrected chi connectivity index (χ1v) is 12.4. The first-order valence-electron chi connectivity index (χ1n) is 10.6. The minimum atomic E-state index is -0.936. The highest BCUT2D eigenvalue weighted by molar-refractivity contribution is 7.99. The van der Waals surface area contributed by atoms with E-state index in [1.54, 1.807) is 4.57 Å². The van der Waals surface area contributed by atoms with Crippen LogP contribution in [0.3, 0.4) is 0 Å². The van der Waals surface area contributed by atoms with Crippen LogP contribution >= 0.6 is 23.1 Å². The molecule has 0 amide bonds. The van der Waals surface area contributed by atoms with Gasteiger partial charge in [-0.3, -0.25) is 9.36 Å². The number of nitrogen functional groups attached to an aromatic ring is 1. The fourth-order valence-electron chi connectivity index (χ4n) is 3.71. The molecule has 0 spiro atoms. The van der Waals surface area contributed by atoms with Crippen LogP contribution in [-0.4, -0.2) is 41.6 Å². The van der Waals surface area contributed by atoms with Gasteiger partial charge in [-0.1, -0.05) is 60.3 Å². The highest BCUT2D eigenvalue weighted by atomic mass is 32.2. The van der Waals surface area contributed by atoms with Crippen molar-refractivity contribution in [3.8, 4) is 22.8 Å². The average Bonchev–Trinajstić information content (AvgIpc) is 3.42. The molecule has 0 unspecified atom stereocenters. The number of rotatable bonds is 8. The second-order valence-electron chi connectivity index (χ2n) is 7.51. The number of carbonyl (C=O) groups is 1. The lowest BCUT2D eigenvalue weighted by atomic mass is 10.0. The predicted molar refractivity (Wildman–Crippen MR) is 136 cm³/mol. The van der Waals surface area contributed by atoms with Crippen molar-refractivity contribution < 1.29 is 14.6 Å². The number of aryl methyl sites for hydroxylation is 1. The minimum absolute atomic E-state index is 0.0242. The standard InChI is InChI=1S/C24H20N6O3S2/c1-14-19(15-8-4-2-5-9-15)20-21(25)26-23(27-22(20)35-14)33-12-17-28-29-24(34-13-18(31)32)30(17)16-10-6-3-7-11-16/h2-11H,12-13H2,1H3,(H,31,32)(H2,25,26,27). The molecule has 0 saturated carbocycles. The Morgan fingerprint density at radius 2 is 1.80 bits per heavy atom. The molecule has 9 nitrogen and oxygen atoms in total. The van der Waals surface area contributed by atoms with Gasteiger partial charge in [0, 0.05) is 16.1 Å². The van der Waals surface area contributed by atoms with Crippen LogP contribution in [0.2, 0.25) is 0 Å². The van der Waals surface area contributed by atoms with Gasteiger partial charge in [-0.05, 0) is 24.6 Å². The molecule has 3 N–H and O–H groups in total. The lowest BCUT2D eigenvalue weighted by Crippen LogP contribution is -2.09. The Hall–Kier alpha value is -3.96. The van der Waals surface area contributed by atoms with Crippen molar-refractivity contribution in [3.63, 3.8) is 0 Å². The van der Waals surface area contributed by atoms with E-state index in [2.05, 4.69) is 20.2 Å². The molecule has 176 valence electrons. The van der Waals surface area contributed by atoms with Crippen molar-refractivity contribution in [2.24, 2.45) is 0 Å². The van der Waals surface area contributed by atoms with Gasteiger partial charge in [0.05, 0.1) is 11.1 Å². The van der Waals surface area contributed by atoms with E-state index in [4.69, 9.17) is 15.6 Å². The van der Waals surface area contributed by atoms with E-state index in [0.717, 1.165) is 43.7 Å². The van der Waals surface area contributed by atoms with E-state index in [1.807, 2.05) is 67.6 Å². The molecule has 0 radical (unpaired) electrons. The van der Waals surface area contributed by atoms with Crippen molar-refractivity contribution in [2.45, 2.75) is 18.7 Å². The van der Waals surface area contributed by atoms with E-state index in [1.165, 1.54) is 11.3 Å². The fourth-order valence-corrected chi connectivity index (χ4v) is 5.45. The van der Waals surface area contributed by atoms with Crippen LogP contribution in [0.4, 0.5) is 5.82 Å². The number of ether oxygens (including phenoxy) is 1. The summed E-state index contributed by atoms with van der Waals surface area (Å²) in [4.78, 5) is 21.9. The first-order chi connectivity index (χ1) is 17.0. The second kappa shape index (κ2) is 9.72. The Morgan fingerprint density at radius 3 is 2.51 bits per heavy atom. The molecule has 0 bridgehead atoms. The van der Waals surface area contributed by atoms with Crippen molar-refractivity contribution in [1.82, 2.24) is 24.7 Å². The van der Waals surface area contributed by atoms with Crippen LogP contribution in [0.25, 0.3) is 27.0 Å². The fraction of sp³-hybridized carbons (Fsp3) is 0.125. The molecule has 3 aromatic heterocycles. The number of carboxylic acid groups (broad SMARTS) is 1. The summed E-state index contributed by atoms with van der Waals surface area (Å²) < 4.78 is 7.65. The number of aliphatic carboxylic acids is 1. The number of benzene rings is 2. The number of aromatic nitrogens is 5. The lowest BCUT2D eigenvalue weighted by Gasteiger charge is -2.10. The van der Waals surface area contributed by atoms with E-state index in [0.29, 0.717) is 16.8 Å². The summed E-state index contributed by atoms with van der Waals surface area (Å²) in [5.74, 6) is -0.244. The zero-order chi connectivity index (χ0) is 24.4. The van der Waals surface area contributed by atoms with Gasteiger partial charge < -0.3 is 15.6 Å². The maximum atomic E-state index is 11.1. The quantitative estimate of drug-likeness (QED) is 0.292. The Kier molecular flexibility index (Phi) is 6.34. The smallest absolute Gasteiger partial charge is 0.320 e. The Morgan fingerprint density at radius 1 is 1.09 bits per heavy atom. The van der Waals surface area contributed by atoms with Crippen LogP contribution < -0.4 is 10.5 Å². The lowest BCUT2D eigenvalue weighted by molar-refractivity contribution is -0.133. The van der Waals surface area contributed by atoms with E-state index in [9.17, 15) is 4.79 Å². The monoisotopic (exact) mass is 504 g/mol. The number of carboxylic acids is 1. The summed E-state index contributed by atoms with van der Waals surface area (Å²) >= 11 is 2.62. The number of thiophene rings is 1. The van der Waals surface area contributed by atoms with Gasteiger partial charge in [-0.15, -0.1) is 21.5 Å². The number of fused-ring (bicyclic) bond motifs is 1. The van der Waals surface area contributed by atoms with Gasteiger partial charge in [0.25, 0.3) is 0 Å². The number of para-hydroxylation sites is 1. The Bertz CT molecular complexity index is 1500. The maximum Gasteiger partial charge on any atom is 0.320 e. The molecule has 0 aliphatic carbocycles. The topological polar surface area (TPSA) is 129 Å². The van der Waals surface area contributed by atoms with Crippen molar-refractivity contribution in [1.29, 1.82) is 0 Å². The maximum absolute atomic E-state index is 11.1. The molecule has 11 heteroatoms. The Labute approximate surface area is 208 Å². The van der Waals surface area contributed by atoms with Crippen molar-refractivity contribution in [3.05, 3.63) is 71.4 Å². The largest absolute Gasteiger partial charge is 0.481 e. The molecule has 0 aliphatic heterocycles. The first kappa shape index (κ1) is 22.8. The van der Waals surface area contributed by atoms with E-state index in [-0.39, 0.29) is 18.4 Å². The number of hydrogen-bond acceptors (Lipinski definition) is 9. The van der Waals surface area contributed by atoms with E-state index < -0.39 is 5.97 Å². The third-order valence-electron chi connectivity index (χ3n) is 5.17. The zero-order valence-electron chi connectivity index (χ0n) is 18.6. The van der Waals surface area contributed by atoms with Gasteiger partial charge in [0.1, 0.15) is 10.6 Å². The molecular formula is C24H20N6O3S2. The third-order valence-corrected chi connectivity index (χ3v) is 7.08. The number of nitrogens with two attached hydrogens (primary N) is 1. The molecule has 5 aromatic rings.